The molecule has 6 heteroatoms. The van der Waals surface area contributed by atoms with Crippen LogP contribution in [0, 0.1) is 0 Å². The van der Waals surface area contributed by atoms with Gasteiger partial charge in [0.15, 0.2) is 0 Å². The Morgan fingerprint density at radius 1 is 1.29 bits per heavy atom. The highest BCUT2D eigenvalue weighted by molar-refractivity contribution is 4.92. The Hall–Kier alpha value is -0.330. The number of alkyl halides is 3. The maximum absolute atomic E-state index is 11.7. The lowest BCUT2D eigenvalue weighted by molar-refractivity contribution is -0.133. The number of aliphatic hydroxyl groups is 1. The van der Waals surface area contributed by atoms with E-state index in [1.807, 2.05) is 0 Å². The van der Waals surface area contributed by atoms with Crippen molar-refractivity contribution in [2.24, 2.45) is 0 Å². The van der Waals surface area contributed by atoms with E-state index in [0.717, 1.165) is 0 Å². The lowest BCUT2D eigenvalue weighted by Crippen LogP contribution is -2.60. The summed E-state index contributed by atoms with van der Waals surface area (Å²) in [6.07, 6.45) is -4.41. The van der Waals surface area contributed by atoms with E-state index in [1.165, 1.54) is 0 Å². The molecule has 0 amide bonds. The molecule has 0 radical (unpaired) electrons. The van der Waals surface area contributed by atoms with E-state index < -0.39 is 18.2 Å². The molecule has 1 rings (SSSR count). The highest BCUT2D eigenvalue weighted by Gasteiger charge is 2.33. The molecule has 0 aromatic rings. The number of halogens is 3. The second-order valence-electron chi connectivity index (χ2n) is 3.69. The van der Waals surface area contributed by atoms with Crippen LogP contribution in [0.1, 0.15) is 12.8 Å². The second kappa shape index (κ2) is 4.46. The van der Waals surface area contributed by atoms with Crippen LogP contribution in [-0.4, -0.2) is 43.1 Å². The predicted molar refractivity (Wildman–Crippen MR) is 46.0 cm³/mol. The van der Waals surface area contributed by atoms with Gasteiger partial charge in [0.05, 0.1) is 12.0 Å². The summed E-state index contributed by atoms with van der Waals surface area (Å²) in [4.78, 5) is 0. The van der Waals surface area contributed by atoms with Crippen molar-refractivity contribution in [3.8, 4) is 0 Å². The highest BCUT2D eigenvalue weighted by Crippen LogP contribution is 2.18. The predicted octanol–water partition coefficient (Wildman–Crippen LogP) is 0.253. The number of hydrogen-bond donors (Lipinski definition) is 3. The Morgan fingerprint density at radius 3 is 2.36 bits per heavy atom. The first-order valence-corrected chi connectivity index (χ1v) is 4.62. The van der Waals surface area contributed by atoms with Gasteiger partial charge in [-0.2, -0.15) is 13.2 Å². The van der Waals surface area contributed by atoms with Gasteiger partial charge in [-0.25, -0.2) is 0 Å². The third-order valence-corrected chi connectivity index (χ3v) is 2.26. The molecule has 0 aromatic heterocycles. The molecule has 0 aliphatic carbocycles. The van der Waals surface area contributed by atoms with Crippen LogP contribution >= 0.6 is 0 Å². The van der Waals surface area contributed by atoms with E-state index in [4.69, 9.17) is 0 Å². The van der Waals surface area contributed by atoms with Crippen LogP contribution in [0.2, 0.25) is 0 Å². The summed E-state index contributed by atoms with van der Waals surface area (Å²) in [5, 5.41) is 15.1. The monoisotopic (exact) mass is 212 g/mol. The Labute approximate surface area is 80.7 Å². The quantitative estimate of drug-likeness (QED) is 0.572. The smallest absolute Gasteiger partial charge is 0.387 e. The first-order valence-electron chi connectivity index (χ1n) is 4.62. The van der Waals surface area contributed by atoms with Crippen LogP contribution in [0.4, 0.5) is 13.2 Å². The number of rotatable bonds is 5. The molecule has 0 spiro atoms. The van der Waals surface area contributed by atoms with E-state index in [1.54, 1.807) is 0 Å². The normalized spacial score (nSPS) is 20.6. The lowest BCUT2D eigenvalue weighted by atomic mass is 9.93. The SMILES string of the molecule is OC1(CCNCCC(F)(F)F)CNC1. The molecule has 0 bridgehead atoms. The van der Waals surface area contributed by atoms with E-state index in [9.17, 15) is 18.3 Å². The van der Waals surface area contributed by atoms with Crippen molar-refractivity contribution in [1.82, 2.24) is 10.6 Å². The van der Waals surface area contributed by atoms with E-state index in [0.29, 0.717) is 26.1 Å². The Morgan fingerprint density at radius 2 is 1.93 bits per heavy atom. The van der Waals surface area contributed by atoms with Gasteiger partial charge in [-0.3, -0.25) is 0 Å². The van der Waals surface area contributed by atoms with Crippen molar-refractivity contribution in [1.29, 1.82) is 0 Å². The van der Waals surface area contributed by atoms with Crippen molar-refractivity contribution in [2.45, 2.75) is 24.6 Å². The summed E-state index contributed by atoms with van der Waals surface area (Å²) in [5.41, 5.74) is -0.703. The molecular weight excluding hydrogens is 197 g/mol. The molecule has 84 valence electrons. The van der Waals surface area contributed by atoms with E-state index in [-0.39, 0.29) is 6.54 Å². The summed E-state index contributed by atoms with van der Waals surface area (Å²) in [6.45, 7) is 1.42. The van der Waals surface area contributed by atoms with Crippen LogP contribution in [0.5, 0.6) is 0 Å². The topological polar surface area (TPSA) is 44.3 Å². The number of hydrogen-bond acceptors (Lipinski definition) is 3. The largest absolute Gasteiger partial charge is 0.390 e. The van der Waals surface area contributed by atoms with E-state index in [2.05, 4.69) is 10.6 Å². The average Bonchev–Trinajstić information content (AvgIpc) is 1.98. The molecule has 1 heterocycles. The third-order valence-electron chi connectivity index (χ3n) is 2.26. The molecule has 1 aliphatic rings. The van der Waals surface area contributed by atoms with Gasteiger partial charge < -0.3 is 15.7 Å². The summed E-state index contributed by atoms with van der Waals surface area (Å²) in [6, 6.07) is 0. The molecule has 1 saturated heterocycles. The number of β-amino-alcohol motifs (C(OH)–C–C–N with tert-alkyl or cyclic N) is 1. The Kier molecular flexibility index (Phi) is 3.74. The molecule has 0 aromatic carbocycles. The molecule has 0 unspecified atom stereocenters. The zero-order chi connectivity index (χ0) is 10.7. The summed E-state index contributed by atoms with van der Waals surface area (Å²) >= 11 is 0. The molecule has 14 heavy (non-hydrogen) atoms. The van der Waals surface area contributed by atoms with Crippen molar-refractivity contribution in [3.05, 3.63) is 0 Å². The molecule has 1 aliphatic heterocycles. The summed E-state index contributed by atoms with van der Waals surface area (Å²) in [5.74, 6) is 0. The van der Waals surface area contributed by atoms with Crippen LogP contribution in [0.3, 0.4) is 0 Å². The lowest BCUT2D eigenvalue weighted by Gasteiger charge is -2.37. The minimum Gasteiger partial charge on any atom is -0.387 e. The maximum atomic E-state index is 11.7. The van der Waals surface area contributed by atoms with Gasteiger partial charge in [0.2, 0.25) is 0 Å². The van der Waals surface area contributed by atoms with Gasteiger partial charge in [-0.05, 0) is 13.0 Å². The fraction of sp³-hybridized carbons (Fsp3) is 1.00. The summed E-state index contributed by atoms with van der Waals surface area (Å²) in [7, 11) is 0. The molecule has 0 atom stereocenters. The van der Waals surface area contributed by atoms with Gasteiger partial charge in [0, 0.05) is 19.6 Å². The van der Waals surface area contributed by atoms with Crippen LogP contribution in [0.25, 0.3) is 0 Å². The average molecular weight is 212 g/mol. The van der Waals surface area contributed by atoms with Crippen molar-refractivity contribution < 1.29 is 18.3 Å². The van der Waals surface area contributed by atoms with Crippen molar-refractivity contribution in [2.75, 3.05) is 26.2 Å². The van der Waals surface area contributed by atoms with Crippen LogP contribution in [0.15, 0.2) is 0 Å². The fourth-order valence-electron chi connectivity index (χ4n) is 1.27. The minimum absolute atomic E-state index is 0.0764. The Balaban J connectivity index is 1.94. The molecule has 3 N–H and O–H groups in total. The van der Waals surface area contributed by atoms with Crippen LogP contribution < -0.4 is 10.6 Å². The molecule has 0 saturated carbocycles. The van der Waals surface area contributed by atoms with Gasteiger partial charge in [0.25, 0.3) is 0 Å². The van der Waals surface area contributed by atoms with Crippen molar-refractivity contribution in [3.63, 3.8) is 0 Å². The van der Waals surface area contributed by atoms with Gasteiger partial charge in [-0.1, -0.05) is 0 Å². The van der Waals surface area contributed by atoms with Gasteiger partial charge in [0.1, 0.15) is 0 Å². The van der Waals surface area contributed by atoms with Gasteiger partial charge in [-0.15, -0.1) is 0 Å². The second-order valence-corrected chi connectivity index (χ2v) is 3.69. The standard InChI is InChI=1S/C8H15F3N2O/c9-8(10,11)2-4-12-3-1-7(14)5-13-6-7/h12-14H,1-6H2. The first kappa shape index (κ1) is 11.7. The van der Waals surface area contributed by atoms with E-state index >= 15 is 0 Å². The zero-order valence-electron chi connectivity index (χ0n) is 7.82. The minimum atomic E-state index is -4.10. The summed E-state index contributed by atoms with van der Waals surface area (Å²) < 4.78 is 35.1. The molecule has 3 nitrogen and oxygen atoms in total. The third kappa shape index (κ3) is 4.26. The number of nitrogens with one attached hydrogen (secondary N) is 2. The van der Waals surface area contributed by atoms with Gasteiger partial charge >= 0.3 is 6.18 Å². The Bertz CT molecular complexity index is 180. The zero-order valence-corrected chi connectivity index (χ0v) is 7.82. The molecule has 1 fully saturated rings. The van der Waals surface area contributed by atoms with Crippen molar-refractivity contribution >= 4 is 0 Å². The molecular formula is C8H15F3N2O. The maximum Gasteiger partial charge on any atom is 0.390 e. The first-order chi connectivity index (χ1) is 6.41. The van der Waals surface area contributed by atoms with Crippen LogP contribution in [-0.2, 0) is 0 Å². The fourth-order valence-corrected chi connectivity index (χ4v) is 1.27. The highest BCUT2D eigenvalue weighted by atomic mass is 19.4.